The second-order valence-electron chi connectivity index (χ2n) is 4.01. The lowest BCUT2D eigenvalue weighted by molar-refractivity contribution is 0.588. The lowest BCUT2D eigenvalue weighted by Gasteiger charge is -2.11. The van der Waals surface area contributed by atoms with E-state index in [1.54, 1.807) is 0 Å². The van der Waals surface area contributed by atoms with Crippen LogP contribution in [0.5, 0.6) is 0 Å². The molecule has 5 heteroatoms. The molecule has 0 fully saturated rings. The number of nitrogens with zero attached hydrogens (tertiary/aromatic N) is 3. The Balaban J connectivity index is 2.30. The highest BCUT2D eigenvalue weighted by Gasteiger charge is 2.09. The zero-order chi connectivity index (χ0) is 12.3. The first kappa shape index (κ1) is 12.3. The molecule has 0 aliphatic rings. The van der Waals surface area contributed by atoms with Gasteiger partial charge >= 0.3 is 0 Å². The molecule has 1 unspecified atom stereocenters. The Labute approximate surface area is 109 Å². The van der Waals surface area contributed by atoms with Crippen molar-refractivity contribution in [2.75, 3.05) is 7.05 Å². The zero-order valence-electron chi connectivity index (χ0n) is 9.89. The van der Waals surface area contributed by atoms with Gasteiger partial charge in [-0.1, -0.05) is 27.2 Å². The molecule has 0 amide bonds. The number of rotatable bonds is 4. The summed E-state index contributed by atoms with van der Waals surface area (Å²) in [5.41, 5.74) is 2.13. The molecule has 1 aromatic carbocycles. The number of nitrogens with one attached hydrogen (secondary N) is 1. The van der Waals surface area contributed by atoms with Gasteiger partial charge in [0.15, 0.2) is 0 Å². The number of likely N-dealkylation sites (N-methyl/N-ethyl adjacent to an activating group) is 1. The summed E-state index contributed by atoms with van der Waals surface area (Å²) in [6.07, 6.45) is 2.71. The van der Waals surface area contributed by atoms with Gasteiger partial charge in [-0.3, -0.25) is 0 Å². The lowest BCUT2D eigenvalue weighted by Crippen LogP contribution is -2.24. The van der Waals surface area contributed by atoms with Gasteiger partial charge in [-0.15, -0.1) is 5.10 Å². The molecule has 2 rings (SSSR count). The zero-order valence-corrected chi connectivity index (χ0v) is 11.5. The first-order chi connectivity index (χ1) is 8.20. The van der Waals surface area contributed by atoms with Crippen molar-refractivity contribution < 1.29 is 0 Å². The molecule has 0 aliphatic heterocycles. The van der Waals surface area contributed by atoms with Crippen LogP contribution >= 0.6 is 15.9 Å². The van der Waals surface area contributed by atoms with Crippen LogP contribution < -0.4 is 5.32 Å². The Hall–Kier alpha value is -1.20. The Kier molecular flexibility index (Phi) is 3.91. The highest BCUT2D eigenvalue weighted by atomic mass is 79.9. The van der Waals surface area contributed by atoms with Crippen LogP contribution in [0.1, 0.15) is 12.6 Å². The summed E-state index contributed by atoms with van der Waals surface area (Å²) in [7, 11) is 1.96. The molecular weight excluding hydrogens is 280 g/mol. The third-order valence-electron chi connectivity index (χ3n) is 2.68. The van der Waals surface area contributed by atoms with Crippen molar-refractivity contribution in [2.24, 2.45) is 0 Å². The average Bonchev–Trinajstić information content (AvgIpc) is 2.77. The smallest absolute Gasteiger partial charge is 0.0730 e. The summed E-state index contributed by atoms with van der Waals surface area (Å²) in [6, 6.07) is 8.44. The topological polar surface area (TPSA) is 42.7 Å². The van der Waals surface area contributed by atoms with Crippen molar-refractivity contribution in [1.29, 1.82) is 0 Å². The van der Waals surface area contributed by atoms with E-state index in [0.29, 0.717) is 6.04 Å². The van der Waals surface area contributed by atoms with Crippen LogP contribution in [0.25, 0.3) is 5.69 Å². The maximum absolute atomic E-state index is 4.13. The molecule has 0 spiro atoms. The fraction of sp³-hybridized carbons (Fsp3) is 0.333. The van der Waals surface area contributed by atoms with Gasteiger partial charge in [-0.2, -0.15) is 0 Å². The van der Waals surface area contributed by atoms with Gasteiger partial charge in [-0.05, 0) is 32.2 Å². The van der Waals surface area contributed by atoms with Gasteiger partial charge in [0.05, 0.1) is 17.6 Å². The van der Waals surface area contributed by atoms with E-state index in [0.717, 1.165) is 22.3 Å². The van der Waals surface area contributed by atoms with Crippen LogP contribution in [-0.2, 0) is 6.42 Å². The molecule has 1 heterocycles. The van der Waals surface area contributed by atoms with Gasteiger partial charge in [0.25, 0.3) is 0 Å². The van der Waals surface area contributed by atoms with E-state index in [4.69, 9.17) is 0 Å². The van der Waals surface area contributed by atoms with E-state index >= 15 is 0 Å². The lowest BCUT2D eigenvalue weighted by atomic mass is 10.2. The summed E-state index contributed by atoms with van der Waals surface area (Å²) in [4.78, 5) is 0. The normalized spacial score (nSPS) is 12.6. The van der Waals surface area contributed by atoms with Gasteiger partial charge in [0, 0.05) is 16.9 Å². The Morgan fingerprint density at radius 1 is 1.47 bits per heavy atom. The van der Waals surface area contributed by atoms with Gasteiger partial charge < -0.3 is 5.32 Å². The molecule has 1 N–H and O–H groups in total. The van der Waals surface area contributed by atoms with Crippen molar-refractivity contribution in [3.05, 3.63) is 40.6 Å². The molecule has 0 bridgehead atoms. The van der Waals surface area contributed by atoms with Crippen LogP contribution in [0.3, 0.4) is 0 Å². The fourth-order valence-corrected chi connectivity index (χ4v) is 2.02. The van der Waals surface area contributed by atoms with Gasteiger partial charge in [0.1, 0.15) is 0 Å². The highest BCUT2D eigenvalue weighted by Crippen LogP contribution is 2.16. The minimum Gasteiger partial charge on any atom is -0.317 e. The molecule has 4 nitrogen and oxygen atoms in total. The van der Waals surface area contributed by atoms with E-state index in [9.17, 15) is 0 Å². The molecule has 1 aromatic heterocycles. The van der Waals surface area contributed by atoms with Crippen molar-refractivity contribution in [2.45, 2.75) is 19.4 Å². The van der Waals surface area contributed by atoms with Crippen LogP contribution in [0.4, 0.5) is 0 Å². The second kappa shape index (κ2) is 5.42. The van der Waals surface area contributed by atoms with Crippen LogP contribution in [0, 0.1) is 0 Å². The van der Waals surface area contributed by atoms with Crippen LogP contribution in [0.15, 0.2) is 34.9 Å². The minimum atomic E-state index is 0.402. The van der Waals surface area contributed by atoms with E-state index in [1.807, 2.05) is 42.2 Å². The Bertz CT molecular complexity index is 495. The number of hydrogen-bond donors (Lipinski definition) is 1. The van der Waals surface area contributed by atoms with Crippen molar-refractivity contribution in [3.63, 3.8) is 0 Å². The summed E-state index contributed by atoms with van der Waals surface area (Å²) in [5.74, 6) is 0. The van der Waals surface area contributed by atoms with Crippen LogP contribution in [0.2, 0.25) is 0 Å². The standard InChI is InChI=1S/C12H15BrN4/c1-9(14-2)6-12-8-15-16-17(12)11-5-3-4-10(13)7-11/h3-5,7-9,14H,6H2,1-2H3. The maximum Gasteiger partial charge on any atom is 0.0730 e. The predicted octanol–water partition coefficient (Wildman–Crippen LogP) is 2.18. The summed E-state index contributed by atoms with van der Waals surface area (Å²) < 4.78 is 2.91. The number of aromatic nitrogens is 3. The molecule has 0 saturated heterocycles. The van der Waals surface area contributed by atoms with Crippen molar-refractivity contribution in [1.82, 2.24) is 20.3 Å². The van der Waals surface area contributed by atoms with Crippen molar-refractivity contribution in [3.8, 4) is 5.69 Å². The molecule has 0 aliphatic carbocycles. The monoisotopic (exact) mass is 294 g/mol. The number of benzene rings is 1. The van der Waals surface area contributed by atoms with Gasteiger partial charge in [-0.25, -0.2) is 4.68 Å². The average molecular weight is 295 g/mol. The molecule has 0 radical (unpaired) electrons. The maximum atomic E-state index is 4.13. The third kappa shape index (κ3) is 2.92. The summed E-state index contributed by atoms with van der Waals surface area (Å²) in [5, 5.41) is 11.3. The van der Waals surface area contributed by atoms with Gasteiger partial charge in [0.2, 0.25) is 0 Å². The number of halogens is 1. The first-order valence-corrected chi connectivity index (χ1v) is 6.33. The molecular formula is C12H15BrN4. The minimum absolute atomic E-state index is 0.402. The van der Waals surface area contributed by atoms with Crippen molar-refractivity contribution >= 4 is 15.9 Å². The predicted molar refractivity (Wildman–Crippen MR) is 71.3 cm³/mol. The summed E-state index contributed by atoms with van der Waals surface area (Å²) in [6.45, 7) is 2.14. The Morgan fingerprint density at radius 3 is 3.00 bits per heavy atom. The number of hydrogen-bond acceptors (Lipinski definition) is 3. The molecule has 1 atom stereocenters. The molecule has 2 aromatic rings. The highest BCUT2D eigenvalue weighted by molar-refractivity contribution is 9.10. The summed E-state index contributed by atoms with van der Waals surface area (Å²) >= 11 is 3.46. The Morgan fingerprint density at radius 2 is 2.29 bits per heavy atom. The van der Waals surface area contributed by atoms with E-state index in [1.165, 1.54) is 0 Å². The molecule has 17 heavy (non-hydrogen) atoms. The van der Waals surface area contributed by atoms with E-state index in [2.05, 4.69) is 38.5 Å². The second-order valence-corrected chi connectivity index (χ2v) is 4.93. The third-order valence-corrected chi connectivity index (χ3v) is 3.17. The molecule has 0 saturated carbocycles. The quantitative estimate of drug-likeness (QED) is 0.940. The first-order valence-electron chi connectivity index (χ1n) is 5.53. The largest absolute Gasteiger partial charge is 0.317 e. The van der Waals surface area contributed by atoms with Crippen LogP contribution in [-0.4, -0.2) is 28.1 Å². The fourth-order valence-electron chi connectivity index (χ4n) is 1.64. The molecule has 90 valence electrons. The SMILES string of the molecule is CNC(C)Cc1cnnn1-c1cccc(Br)c1. The van der Waals surface area contributed by atoms with E-state index < -0.39 is 0 Å². The van der Waals surface area contributed by atoms with E-state index in [-0.39, 0.29) is 0 Å².